The lowest BCUT2D eigenvalue weighted by Crippen LogP contribution is -2.54. The summed E-state index contributed by atoms with van der Waals surface area (Å²) in [6.45, 7) is 5.15. The Kier molecular flexibility index (Phi) is 11.0. The summed E-state index contributed by atoms with van der Waals surface area (Å²) in [5.74, 6) is -0.845. The van der Waals surface area contributed by atoms with E-state index in [1.807, 2.05) is 50.2 Å². The van der Waals surface area contributed by atoms with Crippen LogP contribution in [-0.4, -0.2) is 50.0 Å². The van der Waals surface area contributed by atoms with Crippen LogP contribution in [0.25, 0.3) is 0 Å². The maximum atomic E-state index is 14.1. The van der Waals surface area contributed by atoms with E-state index in [4.69, 9.17) is 23.2 Å². The molecule has 3 aromatic carbocycles. The normalized spacial score (nSPS) is 12.8. The average molecular weight is 605 g/mol. The number of sulfonamides is 1. The van der Waals surface area contributed by atoms with Crippen LogP contribution in [0, 0.1) is 6.92 Å². The Morgan fingerprint density at radius 2 is 1.57 bits per heavy atom. The number of nitrogens with zero attached hydrogens (tertiary/aromatic N) is 2. The molecule has 1 N–H and O–H groups in total. The van der Waals surface area contributed by atoms with Crippen molar-refractivity contribution in [3.63, 3.8) is 0 Å². The van der Waals surface area contributed by atoms with E-state index in [0.717, 1.165) is 16.1 Å². The molecule has 0 aliphatic heterocycles. The summed E-state index contributed by atoms with van der Waals surface area (Å²) in [6.07, 6.45) is 2.00. The van der Waals surface area contributed by atoms with Crippen molar-refractivity contribution in [3.05, 3.63) is 99.5 Å². The van der Waals surface area contributed by atoms with Crippen LogP contribution in [0.4, 0.5) is 5.69 Å². The number of halogens is 2. The van der Waals surface area contributed by atoms with Gasteiger partial charge in [-0.25, -0.2) is 8.42 Å². The molecule has 10 heteroatoms. The summed E-state index contributed by atoms with van der Waals surface area (Å²) in [5, 5.41) is 3.95. The third kappa shape index (κ3) is 8.71. The van der Waals surface area contributed by atoms with Crippen molar-refractivity contribution in [3.8, 4) is 0 Å². The van der Waals surface area contributed by atoms with Gasteiger partial charge in [-0.2, -0.15) is 0 Å². The molecule has 0 bridgehead atoms. The Hall–Kier alpha value is -3.07. The van der Waals surface area contributed by atoms with Crippen LogP contribution in [0.3, 0.4) is 0 Å². The van der Waals surface area contributed by atoms with Crippen LogP contribution in [-0.2, 0) is 32.6 Å². The predicted molar refractivity (Wildman–Crippen MR) is 162 cm³/mol. The van der Waals surface area contributed by atoms with Gasteiger partial charge in [0.15, 0.2) is 0 Å². The van der Waals surface area contributed by atoms with E-state index in [9.17, 15) is 18.0 Å². The summed E-state index contributed by atoms with van der Waals surface area (Å²) in [7, 11) is -3.87. The zero-order valence-corrected chi connectivity index (χ0v) is 25.4. The molecule has 0 unspecified atom stereocenters. The molecule has 7 nitrogen and oxygen atoms in total. The molecule has 0 spiro atoms. The molecule has 214 valence electrons. The van der Waals surface area contributed by atoms with Gasteiger partial charge in [-0.05, 0) is 67.3 Å². The van der Waals surface area contributed by atoms with Gasteiger partial charge in [-0.3, -0.25) is 13.9 Å². The largest absolute Gasteiger partial charge is 0.352 e. The van der Waals surface area contributed by atoms with Crippen molar-refractivity contribution in [2.45, 2.75) is 52.2 Å². The molecule has 2 atom stereocenters. The first-order valence-corrected chi connectivity index (χ1v) is 15.6. The molecule has 0 radical (unpaired) electrons. The zero-order chi connectivity index (χ0) is 29.4. The summed E-state index contributed by atoms with van der Waals surface area (Å²) < 4.78 is 26.9. The van der Waals surface area contributed by atoms with Crippen LogP contribution < -0.4 is 9.62 Å². The lowest BCUT2D eigenvalue weighted by molar-refractivity contribution is -0.140. The van der Waals surface area contributed by atoms with Crippen molar-refractivity contribution in [2.75, 3.05) is 17.1 Å². The fraction of sp³-hybridized carbons (Fsp3) is 0.333. The lowest BCUT2D eigenvalue weighted by Gasteiger charge is -2.34. The Morgan fingerprint density at radius 1 is 0.925 bits per heavy atom. The first-order valence-electron chi connectivity index (χ1n) is 13.0. The summed E-state index contributed by atoms with van der Waals surface area (Å²) in [4.78, 5) is 29.2. The van der Waals surface area contributed by atoms with Crippen LogP contribution >= 0.6 is 23.2 Å². The molecule has 2 amide bonds. The first-order chi connectivity index (χ1) is 18.9. The SMILES string of the molecule is CC[C@H](C)NC(=O)[C@H](Cc1ccccc1)N(Cc1cccc(Cl)c1)C(=O)CN(c1ccc(Cl)cc1C)S(C)(=O)=O. The van der Waals surface area contributed by atoms with Crippen molar-refractivity contribution in [1.82, 2.24) is 10.2 Å². The average Bonchev–Trinajstić information content (AvgIpc) is 2.89. The van der Waals surface area contributed by atoms with Gasteiger partial charge in [-0.1, -0.05) is 72.6 Å². The Morgan fingerprint density at radius 3 is 2.17 bits per heavy atom. The highest BCUT2D eigenvalue weighted by Crippen LogP contribution is 2.26. The minimum absolute atomic E-state index is 0.0576. The van der Waals surface area contributed by atoms with Gasteiger partial charge in [0.1, 0.15) is 12.6 Å². The highest BCUT2D eigenvalue weighted by Gasteiger charge is 2.33. The topological polar surface area (TPSA) is 86.8 Å². The van der Waals surface area contributed by atoms with Crippen molar-refractivity contribution < 1.29 is 18.0 Å². The number of aryl methyl sites for hydroxylation is 1. The molecule has 0 aliphatic rings. The van der Waals surface area contributed by atoms with E-state index in [-0.39, 0.29) is 24.9 Å². The van der Waals surface area contributed by atoms with E-state index in [1.165, 1.54) is 4.90 Å². The van der Waals surface area contributed by atoms with Gasteiger partial charge in [0, 0.05) is 29.1 Å². The van der Waals surface area contributed by atoms with Gasteiger partial charge in [0.2, 0.25) is 21.8 Å². The highest BCUT2D eigenvalue weighted by molar-refractivity contribution is 7.92. The number of hydrogen-bond donors (Lipinski definition) is 1. The monoisotopic (exact) mass is 603 g/mol. The van der Waals surface area contributed by atoms with Gasteiger partial charge in [0.25, 0.3) is 0 Å². The lowest BCUT2D eigenvalue weighted by atomic mass is 10.0. The molecule has 0 saturated carbocycles. The standard InChI is InChI=1S/C30H35Cl2N3O4S/c1-5-22(3)33-30(37)28(18-23-10-7-6-8-11-23)34(19-24-12-9-13-25(31)17-24)29(36)20-35(40(4,38)39)27-15-14-26(32)16-21(27)2/h6-17,22,28H,5,18-20H2,1-4H3,(H,33,37)/t22-,28-/m0/s1. The second-order valence-electron chi connectivity index (χ2n) is 9.88. The number of carbonyl (C=O) groups is 2. The minimum atomic E-state index is -3.87. The first kappa shape index (κ1) is 31.5. The fourth-order valence-electron chi connectivity index (χ4n) is 4.32. The maximum Gasteiger partial charge on any atom is 0.244 e. The quantitative estimate of drug-likeness (QED) is 0.291. The number of hydrogen-bond acceptors (Lipinski definition) is 4. The number of carbonyl (C=O) groups excluding carboxylic acids is 2. The minimum Gasteiger partial charge on any atom is -0.352 e. The van der Waals surface area contributed by atoms with E-state index in [2.05, 4.69) is 5.32 Å². The van der Waals surface area contributed by atoms with Gasteiger partial charge in [-0.15, -0.1) is 0 Å². The van der Waals surface area contributed by atoms with Crippen LogP contribution in [0.15, 0.2) is 72.8 Å². The van der Waals surface area contributed by atoms with Crippen molar-refractivity contribution in [1.29, 1.82) is 0 Å². The molecule has 0 saturated heterocycles. The van der Waals surface area contributed by atoms with Gasteiger partial charge >= 0.3 is 0 Å². The van der Waals surface area contributed by atoms with Crippen LogP contribution in [0.2, 0.25) is 10.0 Å². The van der Waals surface area contributed by atoms with E-state index < -0.39 is 28.5 Å². The second kappa shape index (κ2) is 14.0. The summed E-state index contributed by atoms with van der Waals surface area (Å²) >= 11 is 12.3. The zero-order valence-electron chi connectivity index (χ0n) is 23.1. The molecular weight excluding hydrogens is 569 g/mol. The van der Waals surface area contributed by atoms with Crippen molar-refractivity contribution >= 4 is 50.7 Å². The van der Waals surface area contributed by atoms with Crippen LogP contribution in [0.1, 0.15) is 37.0 Å². The Balaban J connectivity index is 2.08. The molecular formula is C30H35Cl2N3O4S. The number of rotatable bonds is 12. The number of anilines is 1. The Bertz CT molecular complexity index is 1430. The molecule has 0 aromatic heterocycles. The Labute approximate surface area is 247 Å². The number of nitrogens with one attached hydrogen (secondary N) is 1. The summed E-state index contributed by atoms with van der Waals surface area (Å²) in [5.41, 5.74) is 2.52. The molecule has 0 aliphatic carbocycles. The summed E-state index contributed by atoms with van der Waals surface area (Å²) in [6, 6.07) is 20.2. The number of benzene rings is 3. The van der Waals surface area contributed by atoms with Crippen LogP contribution in [0.5, 0.6) is 0 Å². The van der Waals surface area contributed by atoms with Gasteiger partial charge < -0.3 is 10.2 Å². The smallest absolute Gasteiger partial charge is 0.244 e. The van der Waals surface area contributed by atoms with E-state index in [0.29, 0.717) is 33.3 Å². The van der Waals surface area contributed by atoms with Crippen molar-refractivity contribution in [2.24, 2.45) is 0 Å². The third-order valence-electron chi connectivity index (χ3n) is 6.62. The van der Waals surface area contributed by atoms with E-state index >= 15 is 0 Å². The highest BCUT2D eigenvalue weighted by atomic mass is 35.5. The predicted octanol–water partition coefficient (Wildman–Crippen LogP) is 5.62. The molecule has 40 heavy (non-hydrogen) atoms. The third-order valence-corrected chi connectivity index (χ3v) is 8.22. The molecule has 3 aromatic rings. The molecule has 0 heterocycles. The van der Waals surface area contributed by atoms with Gasteiger partial charge in [0.05, 0.1) is 11.9 Å². The molecule has 0 fully saturated rings. The maximum absolute atomic E-state index is 14.1. The second-order valence-corrected chi connectivity index (χ2v) is 12.7. The number of amides is 2. The molecule has 3 rings (SSSR count). The fourth-order valence-corrected chi connectivity index (χ4v) is 5.67. The van der Waals surface area contributed by atoms with E-state index in [1.54, 1.807) is 43.3 Å².